The number of amides is 1. The van der Waals surface area contributed by atoms with Gasteiger partial charge in [0, 0.05) is 0 Å². The highest BCUT2D eigenvalue weighted by molar-refractivity contribution is 8.27. The fraction of sp³-hybridized carbons (Fsp3) is 0.273. The predicted octanol–water partition coefficient (Wildman–Crippen LogP) is 5.94. The van der Waals surface area contributed by atoms with Crippen LogP contribution >= 0.6 is 35.6 Å². The maximum atomic E-state index is 13.0. The van der Waals surface area contributed by atoms with Crippen molar-refractivity contribution in [2.24, 2.45) is 0 Å². The zero-order chi connectivity index (χ0) is 21.8. The number of ether oxygens (including phenoxy) is 3. The summed E-state index contributed by atoms with van der Waals surface area (Å²) >= 11 is 12.9. The quantitative estimate of drug-likeness (QED) is 0.374. The second-order valence-corrected chi connectivity index (χ2v) is 8.67. The van der Waals surface area contributed by atoms with Gasteiger partial charge in [-0.25, -0.2) is 0 Å². The molecule has 0 spiro atoms. The molecule has 1 heterocycles. The molecule has 2 aromatic carbocycles. The molecule has 8 heteroatoms. The minimum absolute atomic E-state index is 0.0809. The van der Waals surface area contributed by atoms with Gasteiger partial charge in [-0.1, -0.05) is 48.6 Å². The minimum atomic E-state index is -0.204. The SMILES string of the molecule is CC[C@@H](C)Oc1ccc(/C=C2\SC(=S)N(c3ccc(OC)c(Cl)c3)C2=O)cc1OC. The van der Waals surface area contributed by atoms with Crippen molar-refractivity contribution in [1.29, 1.82) is 0 Å². The third-order valence-electron chi connectivity index (χ3n) is 4.58. The van der Waals surface area contributed by atoms with Crippen LogP contribution in [0.4, 0.5) is 5.69 Å². The number of halogens is 1. The summed E-state index contributed by atoms with van der Waals surface area (Å²) in [6.07, 6.45) is 2.76. The Morgan fingerprint density at radius 3 is 2.47 bits per heavy atom. The van der Waals surface area contributed by atoms with Crippen LogP contribution in [0.3, 0.4) is 0 Å². The summed E-state index contributed by atoms with van der Waals surface area (Å²) in [4.78, 5) is 15.0. The van der Waals surface area contributed by atoms with Gasteiger partial charge in [0.25, 0.3) is 5.91 Å². The lowest BCUT2D eigenvalue weighted by molar-refractivity contribution is -0.113. The monoisotopic (exact) mass is 463 g/mol. The number of thioether (sulfide) groups is 1. The van der Waals surface area contributed by atoms with Crippen molar-refractivity contribution in [3.63, 3.8) is 0 Å². The molecular weight excluding hydrogens is 442 g/mol. The largest absolute Gasteiger partial charge is 0.495 e. The second-order valence-electron chi connectivity index (χ2n) is 6.58. The topological polar surface area (TPSA) is 48.0 Å². The first-order valence-corrected chi connectivity index (χ1v) is 10.9. The number of rotatable bonds is 7. The van der Waals surface area contributed by atoms with Crippen molar-refractivity contribution in [2.45, 2.75) is 26.4 Å². The lowest BCUT2D eigenvalue weighted by Gasteiger charge is -2.16. The van der Waals surface area contributed by atoms with Gasteiger partial charge >= 0.3 is 0 Å². The molecule has 0 radical (unpaired) electrons. The van der Waals surface area contributed by atoms with Gasteiger partial charge in [-0.15, -0.1) is 0 Å². The Bertz CT molecular complexity index is 1010. The van der Waals surface area contributed by atoms with Gasteiger partial charge in [0.1, 0.15) is 5.75 Å². The maximum absolute atomic E-state index is 13.0. The third-order valence-corrected chi connectivity index (χ3v) is 6.17. The van der Waals surface area contributed by atoms with Crippen LogP contribution in [0, 0.1) is 0 Å². The van der Waals surface area contributed by atoms with E-state index in [1.54, 1.807) is 31.4 Å². The van der Waals surface area contributed by atoms with Crippen LogP contribution < -0.4 is 19.1 Å². The molecule has 0 aromatic heterocycles. The molecule has 2 aromatic rings. The number of hydrogen-bond donors (Lipinski definition) is 0. The van der Waals surface area contributed by atoms with Gasteiger partial charge in [0.05, 0.1) is 35.9 Å². The molecule has 1 saturated heterocycles. The highest BCUT2D eigenvalue weighted by Gasteiger charge is 2.33. The maximum Gasteiger partial charge on any atom is 0.270 e. The molecule has 0 bridgehead atoms. The van der Waals surface area contributed by atoms with Crippen LogP contribution in [0.1, 0.15) is 25.8 Å². The van der Waals surface area contributed by atoms with Crippen LogP contribution in [0.2, 0.25) is 5.02 Å². The number of anilines is 1. The first kappa shape index (κ1) is 22.5. The summed E-state index contributed by atoms with van der Waals surface area (Å²) in [6.45, 7) is 4.06. The number of hydrogen-bond acceptors (Lipinski definition) is 6. The van der Waals surface area contributed by atoms with Crippen molar-refractivity contribution in [3.05, 3.63) is 51.9 Å². The molecule has 0 unspecified atom stereocenters. The molecule has 1 amide bonds. The normalized spacial score (nSPS) is 16.2. The first-order chi connectivity index (χ1) is 14.4. The highest BCUT2D eigenvalue weighted by atomic mass is 35.5. The Morgan fingerprint density at radius 1 is 1.13 bits per heavy atom. The van der Waals surface area contributed by atoms with E-state index in [9.17, 15) is 4.79 Å². The summed E-state index contributed by atoms with van der Waals surface area (Å²) in [5.41, 5.74) is 1.41. The summed E-state index contributed by atoms with van der Waals surface area (Å²) in [6, 6.07) is 10.7. The van der Waals surface area contributed by atoms with Gasteiger partial charge < -0.3 is 14.2 Å². The molecule has 0 saturated carbocycles. The van der Waals surface area contributed by atoms with E-state index in [0.29, 0.717) is 37.2 Å². The Balaban J connectivity index is 1.87. The Labute approximate surface area is 190 Å². The summed E-state index contributed by atoms with van der Waals surface area (Å²) in [7, 11) is 3.13. The van der Waals surface area contributed by atoms with E-state index < -0.39 is 0 Å². The molecule has 0 aliphatic carbocycles. The van der Waals surface area contributed by atoms with Gasteiger partial charge in [0.15, 0.2) is 15.8 Å². The number of nitrogens with zero attached hydrogens (tertiary/aromatic N) is 1. The predicted molar refractivity (Wildman–Crippen MR) is 127 cm³/mol. The Morgan fingerprint density at radius 2 is 1.83 bits per heavy atom. The van der Waals surface area contributed by atoms with Crippen molar-refractivity contribution >= 4 is 57.6 Å². The minimum Gasteiger partial charge on any atom is -0.495 e. The van der Waals surface area contributed by atoms with Crippen LogP contribution in [0.25, 0.3) is 6.08 Å². The second kappa shape index (κ2) is 9.73. The van der Waals surface area contributed by atoms with E-state index in [1.165, 1.54) is 23.8 Å². The van der Waals surface area contributed by atoms with Gasteiger partial charge in [0.2, 0.25) is 0 Å². The van der Waals surface area contributed by atoms with Crippen LogP contribution in [0.5, 0.6) is 17.2 Å². The zero-order valence-corrected chi connectivity index (χ0v) is 19.5. The lowest BCUT2D eigenvalue weighted by atomic mass is 10.1. The Hall–Kier alpha value is -2.22. The average Bonchev–Trinajstić information content (AvgIpc) is 3.01. The standard InChI is InChI=1S/C22H22ClNO4S2/c1-5-13(2)28-18-8-6-14(10-19(18)27-4)11-20-21(25)24(22(29)30-20)15-7-9-17(26-3)16(23)12-15/h6-13H,5H2,1-4H3/b20-11-/t13-/m1/s1. The number of methoxy groups -OCH3 is 2. The van der Waals surface area contributed by atoms with Crippen LogP contribution in [-0.2, 0) is 4.79 Å². The van der Waals surface area contributed by atoms with E-state index in [0.717, 1.165) is 12.0 Å². The zero-order valence-electron chi connectivity index (χ0n) is 17.1. The van der Waals surface area contributed by atoms with Gasteiger partial charge in [-0.2, -0.15) is 0 Å². The van der Waals surface area contributed by atoms with Crippen molar-refractivity contribution in [3.8, 4) is 17.2 Å². The molecule has 1 aliphatic rings. The fourth-order valence-electron chi connectivity index (χ4n) is 2.81. The summed E-state index contributed by atoms with van der Waals surface area (Å²) < 4.78 is 17.0. The van der Waals surface area contributed by atoms with Gasteiger partial charge in [-0.3, -0.25) is 9.69 Å². The van der Waals surface area contributed by atoms with E-state index >= 15 is 0 Å². The molecule has 1 aliphatic heterocycles. The number of benzene rings is 2. The van der Waals surface area contributed by atoms with E-state index in [2.05, 4.69) is 6.92 Å². The molecule has 5 nitrogen and oxygen atoms in total. The smallest absolute Gasteiger partial charge is 0.270 e. The average molecular weight is 464 g/mol. The number of thiocarbonyl (C=S) groups is 1. The molecule has 0 N–H and O–H groups in total. The van der Waals surface area contributed by atoms with Crippen molar-refractivity contribution in [2.75, 3.05) is 19.1 Å². The van der Waals surface area contributed by atoms with E-state index in [4.69, 9.17) is 38.0 Å². The lowest BCUT2D eigenvalue weighted by Crippen LogP contribution is -2.27. The van der Waals surface area contributed by atoms with Crippen LogP contribution in [0.15, 0.2) is 41.3 Å². The third kappa shape index (κ3) is 4.74. The molecule has 1 atom stereocenters. The molecule has 158 valence electrons. The molecule has 30 heavy (non-hydrogen) atoms. The number of carbonyl (C=O) groups excluding carboxylic acids is 1. The van der Waals surface area contributed by atoms with Crippen LogP contribution in [-0.4, -0.2) is 30.6 Å². The van der Waals surface area contributed by atoms with E-state index in [1.807, 2.05) is 25.1 Å². The molecule has 3 rings (SSSR count). The summed E-state index contributed by atoms with van der Waals surface area (Å²) in [5.74, 6) is 1.62. The fourth-order valence-corrected chi connectivity index (χ4v) is 4.36. The Kier molecular flexibility index (Phi) is 7.28. The highest BCUT2D eigenvalue weighted by Crippen LogP contribution is 2.39. The van der Waals surface area contributed by atoms with E-state index in [-0.39, 0.29) is 12.0 Å². The first-order valence-electron chi connectivity index (χ1n) is 9.34. The van der Waals surface area contributed by atoms with Gasteiger partial charge in [-0.05, 0) is 55.3 Å². The van der Waals surface area contributed by atoms with Crippen molar-refractivity contribution in [1.82, 2.24) is 0 Å². The molecular formula is C22H22ClNO4S2. The van der Waals surface area contributed by atoms with Crippen molar-refractivity contribution < 1.29 is 19.0 Å². The molecule has 1 fully saturated rings. The summed E-state index contributed by atoms with van der Waals surface area (Å²) in [5, 5.41) is 0.412. The number of carbonyl (C=O) groups is 1.